The predicted molar refractivity (Wildman–Crippen MR) is 138 cm³/mol. The van der Waals surface area contributed by atoms with Crippen molar-refractivity contribution in [3.63, 3.8) is 0 Å². The molecule has 1 aliphatic carbocycles. The van der Waals surface area contributed by atoms with Gasteiger partial charge in [0.15, 0.2) is 0 Å². The highest BCUT2D eigenvalue weighted by molar-refractivity contribution is 6.32. The van der Waals surface area contributed by atoms with Crippen molar-refractivity contribution in [2.24, 2.45) is 5.92 Å². The number of methoxy groups -OCH3 is 1. The Morgan fingerprint density at radius 1 is 0.971 bits per heavy atom. The second kappa shape index (κ2) is 10.8. The van der Waals surface area contributed by atoms with Crippen LogP contribution in [0.25, 0.3) is 11.1 Å². The lowest BCUT2D eigenvalue weighted by molar-refractivity contribution is -0.118. The SMILES string of the molecule is COc1ccc(NC(=O)[C@H](CC(C)C)NC(=O)OCC2c3ccccc3-c3ccccc32)cc1Cl. The van der Waals surface area contributed by atoms with Crippen LogP contribution < -0.4 is 15.4 Å². The highest BCUT2D eigenvalue weighted by atomic mass is 35.5. The van der Waals surface area contributed by atoms with Gasteiger partial charge in [-0.3, -0.25) is 4.79 Å². The van der Waals surface area contributed by atoms with E-state index >= 15 is 0 Å². The van der Waals surface area contributed by atoms with Crippen molar-refractivity contribution >= 4 is 29.3 Å². The van der Waals surface area contributed by atoms with Crippen LogP contribution in [0.3, 0.4) is 0 Å². The molecule has 0 spiro atoms. The van der Waals surface area contributed by atoms with Crippen LogP contribution in [-0.4, -0.2) is 31.8 Å². The van der Waals surface area contributed by atoms with Gasteiger partial charge in [-0.15, -0.1) is 0 Å². The molecule has 0 aromatic heterocycles. The van der Waals surface area contributed by atoms with Gasteiger partial charge in [0.1, 0.15) is 18.4 Å². The minimum absolute atomic E-state index is 0.0491. The zero-order valence-electron chi connectivity index (χ0n) is 20.0. The molecule has 0 unspecified atom stereocenters. The largest absolute Gasteiger partial charge is 0.495 e. The maximum Gasteiger partial charge on any atom is 0.407 e. The molecule has 1 atom stereocenters. The first-order valence-electron chi connectivity index (χ1n) is 11.6. The topological polar surface area (TPSA) is 76.7 Å². The molecule has 0 aliphatic heterocycles. The summed E-state index contributed by atoms with van der Waals surface area (Å²) in [5.41, 5.74) is 5.10. The molecule has 182 valence electrons. The summed E-state index contributed by atoms with van der Waals surface area (Å²) in [6.45, 7) is 4.16. The number of rotatable bonds is 8. The highest BCUT2D eigenvalue weighted by Gasteiger charge is 2.30. The van der Waals surface area contributed by atoms with Crippen LogP contribution in [0.1, 0.15) is 37.3 Å². The molecule has 3 aromatic carbocycles. The van der Waals surface area contributed by atoms with E-state index in [-0.39, 0.29) is 24.3 Å². The average Bonchev–Trinajstić information content (AvgIpc) is 3.16. The Hall–Kier alpha value is -3.51. The first-order valence-corrected chi connectivity index (χ1v) is 12.0. The quantitative estimate of drug-likeness (QED) is 0.390. The van der Waals surface area contributed by atoms with E-state index in [9.17, 15) is 9.59 Å². The molecular formula is C28H29ClN2O4. The van der Waals surface area contributed by atoms with Crippen LogP contribution in [0.15, 0.2) is 66.7 Å². The Kier molecular flexibility index (Phi) is 7.61. The Labute approximate surface area is 210 Å². The monoisotopic (exact) mass is 492 g/mol. The smallest absolute Gasteiger partial charge is 0.407 e. The molecule has 4 rings (SSSR count). The summed E-state index contributed by atoms with van der Waals surface area (Å²) in [4.78, 5) is 25.7. The van der Waals surface area contributed by atoms with Crippen molar-refractivity contribution in [2.75, 3.05) is 19.0 Å². The number of ether oxygens (including phenoxy) is 2. The first-order chi connectivity index (χ1) is 16.9. The number of nitrogens with one attached hydrogen (secondary N) is 2. The number of hydrogen-bond donors (Lipinski definition) is 2. The molecule has 35 heavy (non-hydrogen) atoms. The van der Waals surface area contributed by atoms with E-state index in [4.69, 9.17) is 21.1 Å². The summed E-state index contributed by atoms with van der Waals surface area (Å²) in [5, 5.41) is 5.95. The summed E-state index contributed by atoms with van der Waals surface area (Å²) in [7, 11) is 1.52. The number of anilines is 1. The molecule has 0 saturated heterocycles. The Balaban J connectivity index is 1.42. The molecule has 0 radical (unpaired) electrons. The van der Waals surface area contributed by atoms with E-state index in [0.29, 0.717) is 22.9 Å². The van der Waals surface area contributed by atoms with Crippen molar-refractivity contribution in [3.05, 3.63) is 82.9 Å². The van der Waals surface area contributed by atoms with Crippen molar-refractivity contribution in [1.29, 1.82) is 0 Å². The molecular weight excluding hydrogens is 464 g/mol. The average molecular weight is 493 g/mol. The van der Waals surface area contributed by atoms with Gasteiger partial charge in [0.25, 0.3) is 0 Å². The lowest BCUT2D eigenvalue weighted by Gasteiger charge is -2.21. The second-order valence-electron chi connectivity index (χ2n) is 8.99. The number of alkyl carbamates (subject to hydrolysis) is 1. The minimum atomic E-state index is -0.758. The van der Waals surface area contributed by atoms with Crippen LogP contribution >= 0.6 is 11.6 Å². The number of amides is 2. The Morgan fingerprint density at radius 2 is 1.60 bits per heavy atom. The maximum absolute atomic E-state index is 13.0. The number of fused-ring (bicyclic) bond motifs is 3. The Morgan fingerprint density at radius 3 is 2.17 bits per heavy atom. The maximum atomic E-state index is 13.0. The van der Waals surface area contributed by atoms with Crippen LogP contribution in [0, 0.1) is 5.92 Å². The van der Waals surface area contributed by atoms with Gasteiger partial charge < -0.3 is 20.1 Å². The summed E-state index contributed by atoms with van der Waals surface area (Å²) in [5.74, 6) is 0.305. The van der Waals surface area contributed by atoms with Gasteiger partial charge in [0.05, 0.1) is 12.1 Å². The third-order valence-corrected chi connectivity index (χ3v) is 6.37. The number of benzene rings is 3. The zero-order chi connectivity index (χ0) is 24.9. The van der Waals surface area contributed by atoms with E-state index < -0.39 is 12.1 Å². The van der Waals surface area contributed by atoms with Crippen LogP contribution in [-0.2, 0) is 9.53 Å². The second-order valence-corrected chi connectivity index (χ2v) is 9.40. The highest BCUT2D eigenvalue weighted by Crippen LogP contribution is 2.44. The van der Waals surface area contributed by atoms with Crippen molar-refractivity contribution in [1.82, 2.24) is 5.32 Å². The fraction of sp³-hybridized carbons (Fsp3) is 0.286. The van der Waals surface area contributed by atoms with E-state index in [1.807, 2.05) is 38.1 Å². The lowest BCUT2D eigenvalue weighted by atomic mass is 9.98. The van der Waals surface area contributed by atoms with E-state index in [1.165, 1.54) is 7.11 Å². The van der Waals surface area contributed by atoms with E-state index in [1.54, 1.807) is 18.2 Å². The molecule has 7 heteroatoms. The standard InChI is InChI=1S/C28H29ClN2O4/c1-17(2)14-25(27(32)30-18-12-13-26(34-3)24(29)15-18)31-28(33)35-16-23-21-10-6-4-8-19(21)20-9-5-7-11-22(20)23/h4-13,15,17,23,25H,14,16H2,1-3H3,(H,30,32)(H,31,33)/t25-/m0/s1. The number of carbonyl (C=O) groups is 2. The lowest BCUT2D eigenvalue weighted by Crippen LogP contribution is -2.45. The molecule has 2 N–H and O–H groups in total. The summed E-state index contributed by atoms with van der Waals surface area (Å²) < 4.78 is 10.8. The van der Waals surface area contributed by atoms with Gasteiger partial charge in [-0.25, -0.2) is 4.79 Å². The van der Waals surface area contributed by atoms with Gasteiger partial charge in [-0.2, -0.15) is 0 Å². The number of carbonyl (C=O) groups excluding carboxylic acids is 2. The molecule has 0 heterocycles. The predicted octanol–water partition coefficient (Wildman–Crippen LogP) is 6.24. The summed E-state index contributed by atoms with van der Waals surface area (Å²) in [6, 6.07) is 20.5. The summed E-state index contributed by atoms with van der Waals surface area (Å²) >= 11 is 6.17. The Bertz CT molecular complexity index is 1180. The van der Waals surface area contributed by atoms with Crippen molar-refractivity contribution in [3.8, 4) is 16.9 Å². The fourth-order valence-electron chi connectivity index (χ4n) is 4.46. The zero-order valence-corrected chi connectivity index (χ0v) is 20.8. The fourth-order valence-corrected chi connectivity index (χ4v) is 4.72. The first kappa shape index (κ1) is 24.6. The van der Waals surface area contributed by atoms with Gasteiger partial charge in [-0.1, -0.05) is 74.0 Å². The van der Waals surface area contributed by atoms with Crippen molar-refractivity contribution in [2.45, 2.75) is 32.2 Å². The van der Waals surface area contributed by atoms with Crippen LogP contribution in [0.5, 0.6) is 5.75 Å². The molecule has 0 bridgehead atoms. The number of hydrogen-bond acceptors (Lipinski definition) is 4. The van der Waals surface area contributed by atoms with Crippen molar-refractivity contribution < 1.29 is 19.1 Å². The van der Waals surface area contributed by atoms with Crippen LogP contribution in [0.2, 0.25) is 5.02 Å². The van der Waals surface area contributed by atoms with E-state index in [0.717, 1.165) is 22.3 Å². The van der Waals surface area contributed by atoms with Crippen LogP contribution in [0.4, 0.5) is 10.5 Å². The molecule has 0 fully saturated rings. The third kappa shape index (κ3) is 5.60. The molecule has 3 aromatic rings. The normalized spacial score (nSPS) is 13.1. The molecule has 0 saturated carbocycles. The molecule has 1 aliphatic rings. The van der Waals surface area contributed by atoms with Gasteiger partial charge in [0, 0.05) is 11.6 Å². The van der Waals surface area contributed by atoms with E-state index in [2.05, 4.69) is 34.9 Å². The van der Waals surface area contributed by atoms with Gasteiger partial charge in [0.2, 0.25) is 5.91 Å². The molecule has 2 amide bonds. The third-order valence-electron chi connectivity index (χ3n) is 6.08. The molecule has 6 nitrogen and oxygen atoms in total. The summed E-state index contributed by atoms with van der Waals surface area (Å²) in [6.07, 6.45) is -0.166. The number of halogens is 1. The minimum Gasteiger partial charge on any atom is -0.495 e. The van der Waals surface area contributed by atoms with Gasteiger partial charge in [-0.05, 0) is 52.8 Å². The van der Waals surface area contributed by atoms with Gasteiger partial charge >= 0.3 is 6.09 Å².